The number of amidine groups is 1. The van der Waals surface area contributed by atoms with Crippen LogP contribution < -0.4 is 10.5 Å². The van der Waals surface area contributed by atoms with Crippen LogP contribution in [0.15, 0.2) is 35.6 Å². The van der Waals surface area contributed by atoms with E-state index in [4.69, 9.17) is 10.5 Å². The number of nitrogens with zero attached hydrogens (tertiary/aromatic N) is 3. The van der Waals surface area contributed by atoms with E-state index < -0.39 is 12.2 Å². The van der Waals surface area contributed by atoms with Gasteiger partial charge in [-0.3, -0.25) is 9.79 Å². The van der Waals surface area contributed by atoms with Crippen molar-refractivity contribution in [3.8, 4) is 5.88 Å². The quantitative estimate of drug-likeness (QED) is 0.666. The van der Waals surface area contributed by atoms with Crippen molar-refractivity contribution in [2.24, 2.45) is 10.7 Å². The molecule has 2 heterocycles. The molecule has 6 nitrogen and oxygen atoms in total. The molecular weight excluding hydrogens is 410 g/mol. The highest BCUT2D eigenvalue weighted by atomic mass is 32.2. The van der Waals surface area contributed by atoms with E-state index in [2.05, 4.69) is 15.0 Å². The molecule has 0 fully saturated rings. The number of halogens is 2. The van der Waals surface area contributed by atoms with Crippen molar-refractivity contribution in [2.45, 2.75) is 43.9 Å². The van der Waals surface area contributed by atoms with Gasteiger partial charge in [0.15, 0.2) is 11.0 Å². The van der Waals surface area contributed by atoms with Crippen LogP contribution in [0.3, 0.4) is 0 Å². The summed E-state index contributed by atoms with van der Waals surface area (Å²) in [4.78, 5) is 25.1. The molecule has 1 atom stereocenters. The van der Waals surface area contributed by atoms with Gasteiger partial charge in [-0.15, -0.1) is 0 Å². The lowest BCUT2D eigenvalue weighted by Crippen LogP contribution is -2.38. The Morgan fingerprint density at radius 1 is 1.27 bits per heavy atom. The number of ether oxygens (including phenoxy) is 1. The minimum Gasteiger partial charge on any atom is -0.474 e. The molecule has 1 aliphatic rings. The number of rotatable bonds is 7. The zero-order chi connectivity index (χ0) is 21.9. The number of carbonyl (C=O) groups is 1. The van der Waals surface area contributed by atoms with Crippen LogP contribution >= 0.6 is 11.8 Å². The fourth-order valence-electron chi connectivity index (χ4n) is 3.66. The van der Waals surface area contributed by atoms with E-state index in [9.17, 15) is 13.6 Å². The van der Waals surface area contributed by atoms with Gasteiger partial charge in [-0.05, 0) is 31.0 Å². The average molecular weight is 435 g/mol. The van der Waals surface area contributed by atoms with E-state index in [0.29, 0.717) is 22.7 Å². The maximum Gasteiger partial charge on any atom is 0.232 e. The molecule has 1 aromatic carbocycles. The molecule has 3 rings (SSSR count). The molecule has 1 aromatic heterocycles. The monoisotopic (exact) mass is 434 g/mol. The number of hydrogen-bond acceptors (Lipinski definition) is 7. The molecule has 0 saturated heterocycles. The first-order valence-corrected chi connectivity index (χ1v) is 10.3. The van der Waals surface area contributed by atoms with Crippen LogP contribution in [-0.4, -0.2) is 38.9 Å². The third-order valence-corrected chi connectivity index (χ3v) is 5.72. The number of aliphatic imine (C=N–C) groups is 1. The minimum absolute atomic E-state index is 0.0278. The van der Waals surface area contributed by atoms with Gasteiger partial charge in [0.05, 0.1) is 17.9 Å². The van der Waals surface area contributed by atoms with Gasteiger partial charge in [0, 0.05) is 16.7 Å². The molecule has 0 bridgehead atoms. The first-order valence-electron chi connectivity index (χ1n) is 9.49. The predicted molar refractivity (Wildman–Crippen MR) is 113 cm³/mol. The smallest absolute Gasteiger partial charge is 0.232 e. The number of nitrogens with two attached hydrogens (primary N) is 1. The maximum atomic E-state index is 14.7. The van der Waals surface area contributed by atoms with E-state index in [1.54, 1.807) is 12.1 Å². The van der Waals surface area contributed by atoms with Crippen molar-refractivity contribution in [1.29, 1.82) is 0 Å². The van der Waals surface area contributed by atoms with Gasteiger partial charge in [-0.1, -0.05) is 31.7 Å². The van der Waals surface area contributed by atoms with E-state index in [1.165, 1.54) is 30.2 Å². The number of aromatic nitrogens is 2. The van der Waals surface area contributed by atoms with Gasteiger partial charge in [0.1, 0.15) is 24.8 Å². The Kier molecular flexibility index (Phi) is 6.40. The fourth-order valence-corrected chi connectivity index (χ4v) is 4.82. The topological polar surface area (TPSA) is 90.5 Å². The van der Waals surface area contributed by atoms with Crippen LogP contribution in [0.1, 0.15) is 48.8 Å². The number of hydrogen-bond donors (Lipinski definition) is 1. The van der Waals surface area contributed by atoms with Gasteiger partial charge < -0.3 is 10.5 Å². The highest BCUT2D eigenvalue weighted by Crippen LogP contribution is 2.45. The van der Waals surface area contributed by atoms with Gasteiger partial charge >= 0.3 is 0 Å². The summed E-state index contributed by atoms with van der Waals surface area (Å²) in [5.74, 6) is -0.513. The predicted octanol–water partition coefficient (Wildman–Crippen LogP) is 3.83. The molecule has 160 valence electrons. The van der Waals surface area contributed by atoms with Crippen LogP contribution in [0.5, 0.6) is 5.88 Å². The summed E-state index contributed by atoms with van der Waals surface area (Å²) in [5.41, 5.74) is 6.38. The maximum absolute atomic E-state index is 14.7. The number of alkyl halides is 1. The second-order valence-corrected chi connectivity index (χ2v) is 9.68. The van der Waals surface area contributed by atoms with Crippen molar-refractivity contribution in [3.63, 3.8) is 0 Å². The van der Waals surface area contributed by atoms with Crippen molar-refractivity contribution >= 4 is 22.7 Å². The van der Waals surface area contributed by atoms with Crippen LogP contribution in [0.4, 0.5) is 8.78 Å². The third kappa shape index (κ3) is 5.13. The number of benzene rings is 1. The summed E-state index contributed by atoms with van der Waals surface area (Å²) < 4.78 is 31.7. The molecular formula is C21H24F2N4O2S. The van der Waals surface area contributed by atoms with Crippen molar-refractivity contribution in [3.05, 3.63) is 53.2 Å². The standard InChI is InChI=1S/C21H24F2N4O2S/c1-20(2)12-21(3,27-19(24)30-20)14-8-13(4-5-15(14)23)9-17(28)16-10-26-18(11-25-16)29-7-6-22/h4-5,8,10-11H,6-7,9,12H2,1-3H3,(H2,24,27). The summed E-state index contributed by atoms with van der Waals surface area (Å²) >= 11 is 1.47. The number of carbonyl (C=O) groups excluding carboxylic acids is 1. The molecule has 1 aliphatic heterocycles. The van der Waals surface area contributed by atoms with Crippen molar-refractivity contribution in [1.82, 2.24) is 9.97 Å². The Morgan fingerprint density at radius 3 is 2.67 bits per heavy atom. The highest BCUT2D eigenvalue weighted by molar-refractivity contribution is 8.15. The van der Waals surface area contributed by atoms with E-state index in [1.807, 2.05) is 20.8 Å². The molecule has 2 aromatic rings. The largest absolute Gasteiger partial charge is 0.474 e. The Balaban J connectivity index is 1.82. The first kappa shape index (κ1) is 22.1. The van der Waals surface area contributed by atoms with E-state index in [0.717, 1.165) is 0 Å². The molecule has 1 unspecified atom stereocenters. The van der Waals surface area contributed by atoms with Crippen LogP contribution in [-0.2, 0) is 12.0 Å². The zero-order valence-corrected chi connectivity index (χ0v) is 17.9. The molecule has 0 aliphatic carbocycles. The Hall–Kier alpha value is -2.55. The van der Waals surface area contributed by atoms with E-state index in [-0.39, 0.29) is 40.9 Å². The Labute approximate surface area is 178 Å². The number of ketones is 1. The SMILES string of the molecule is CC1(C)CC(C)(c2cc(CC(=O)c3cnc(OCCF)cn3)ccc2F)N=C(N)S1. The van der Waals surface area contributed by atoms with E-state index >= 15 is 0 Å². The van der Waals surface area contributed by atoms with Gasteiger partial charge in [0.2, 0.25) is 5.88 Å². The van der Waals surface area contributed by atoms with Crippen molar-refractivity contribution < 1.29 is 18.3 Å². The van der Waals surface area contributed by atoms with Crippen LogP contribution in [0.25, 0.3) is 0 Å². The van der Waals surface area contributed by atoms with Gasteiger partial charge in [-0.2, -0.15) is 0 Å². The lowest BCUT2D eigenvalue weighted by atomic mass is 9.82. The Morgan fingerprint density at radius 2 is 2.03 bits per heavy atom. The minimum atomic E-state index is -0.822. The molecule has 0 spiro atoms. The second kappa shape index (κ2) is 8.67. The normalized spacial score (nSPS) is 20.5. The average Bonchev–Trinajstić information content (AvgIpc) is 2.66. The van der Waals surface area contributed by atoms with Crippen LogP contribution in [0, 0.1) is 5.82 Å². The molecule has 2 N–H and O–H groups in total. The summed E-state index contributed by atoms with van der Waals surface area (Å²) in [7, 11) is 0. The summed E-state index contributed by atoms with van der Waals surface area (Å²) in [5, 5.41) is 0.417. The summed E-state index contributed by atoms with van der Waals surface area (Å²) in [6.07, 6.45) is 3.19. The van der Waals surface area contributed by atoms with Gasteiger partial charge in [0.25, 0.3) is 0 Å². The highest BCUT2D eigenvalue weighted by Gasteiger charge is 2.40. The molecule has 9 heteroatoms. The molecule has 30 heavy (non-hydrogen) atoms. The number of Topliss-reactive ketones (excluding diaryl/α,β-unsaturated/α-hetero) is 1. The molecule has 0 radical (unpaired) electrons. The Bertz CT molecular complexity index is 966. The lowest BCUT2D eigenvalue weighted by Gasteiger charge is -2.39. The lowest BCUT2D eigenvalue weighted by molar-refractivity contribution is 0.0987. The summed E-state index contributed by atoms with van der Waals surface area (Å²) in [6, 6.07) is 4.59. The first-order chi connectivity index (χ1) is 14.1. The van der Waals surface area contributed by atoms with Crippen molar-refractivity contribution in [2.75, 3.05) is 13.3 Å². The molecule has 0 amide bonds. The molecule has 0 saturated carbocycles. The summed E-state index contributed by atoms with van der Waals surface area (Å²) in [6.45, 7) is 5.18. The fraction of sp³-hybridized carbons (Fsp3) is 0.429. The second-order valence-electron chi connectivity index (χ2n) is 7.95. The number of thioether (sulfide) groups is 1. The zero-order valence-electron chi connectivity index (χ0n) is 17.1. The van der Waals surface area contributed by atoms with Gasteiger partial charge in [-0.25, -0.2) is 18.7 Å². The van der Waals surface area contributed by atoms with Crippen LogP contribution in [0.2, 0.25) is 0 Å². The third-order valence-electron chi connectivity index (χ3n) is 4.72.